The van der Waals surface area contributed by atoms with Crippen molar-refractivity contribution in [3.63, 3.8) is 0 Å². The number of benzene rings is 2. The average molecular weight is 239 g/mol. The Kier molecular flexibility index (Phi) is 3.03. The number of para-hydroxylation sites is 1. The van der Waals surface area contributed by atoms with E-state index in [1.807, 2.05) is 12.1 Å². The molecule has 0 bridgehead atoms. The second-order valence-corrected chi connectivity index (χ2v) is 4.62. The van der Waals surface area contributed by atoms with Gasteiger partial charge in [-0.25, -0.2) is 0 Å². The maximum absolute atomic E-state index is 5.49. The van der Waals surface area contributed by atoms with Crippen LogP contribution in [0.15, 0.2) is 48.5 Å². The van der Waals surface area contributed by atoms with E-state index in [0.29, 0.717) is 5.92 Å². The van der Waals surface area contributed by atoms with Gasteiger partial charge in [0.25, 0.3) is 0 Å². The Morgan fingerprint density at radius 3 is 2.56 bits per heavy atom. The maximum Gasteiger partial charge on any atom is 0.122 e. The number of hydrogen-bond donors (Lipinski definition) is 1. The molecule has 0 saturated heterocycles. The molecule has 0 radical (unpaired) electrons. The van der Waals surface area contributed by atoms with Crippen LogP contribution in [0.5, 0.6) is 5.75 Å². The van der Waals surface area contributed by atoms with Crippen molar-refractivity contribution in [3.8, 4) is 5.75 Å². The first kappa shape index (κ1) is 11.3. The first-order valence-corrected chi connectivity index (χ1v) is 6.31. The molecule has 2 aromatic rings. The van der Waals surface area contributed by atoms with Crippen molar-refractivity contribution >= 4 is 0 Å². The molecule has 18 heavy (non-hydrogen) atoms. The zero-order chi connectivity index (χ0) is 12.4. The molecule has 92 valence electrons. The summed E-state index contributed by atoms with van der Waals surface area (Å²) in [5.41, 5.74) is 4.07. The lowest BCUT2D eigenvalue weighted by Crippen LogP contribution is -2.28. The number of rotatable bonds is 2. The van der Waals surface area contributed by atoms with Crippen molar-refractivity contribution in [1.29, 1.82) is 0 Å². The smallest absolute Gasteiger partial charge is 0.122 e. The van der Waals surface area contributed by atoms with Crippen molar-refractivity contribution in [2.24, 2.45) is 0 Å². The van der Waals surface area contributed by atoms with Crippen LogP contribution in [0.2, 0.25) is 0 Å². The van der Waals surface area contributed by atoms with Crippen LogP contribution in [-0.2, 0) is 6.54 Å². The van der Waals surface area contributed by atoms with Crippen LogP contribution < -0.4 is 10.1 Å². The predicted molar refractivity (Wildman–Crippen MR) is 73.0 cm³/mol. The summed E-state index contributed by atoms with van der Waals surface area (Å²) in [6.45, 7) is 1.93. The molecule has 0 aromatic heterocycles. The Labute approximate surface area is 108 Å². The normalized spacial score (nSPS) is 18.2. The van der Waals surface area contributed by atoms with E-state index in [-0.39, 0.29) is 0 Å². The molecule has 0 unspecified atom stereocenters. The summed E-state index contributed by atoms with van der Waals surface area (Å²) in [4.78, 5) is 0. The lowest BCUT2D eigenvalue weighted by atomic mass is 9.85. The molecular formula is C16H17NO. The predicted octanol–water partition coefficient (Wildman–Crippen LogP) is 2.93. The first-order valence-electron chi connectivity index (χ1n) is 6.31. The minimum absolute atomic E-state index is 0.381. The van der Waals surface area contributed by atoms with E-state index < -0.39 is 0 Å². The molecule has 0 aliphatic carbocycles. The van der Waals surface area contributed by atoms with Gasteiger partial charge in [-0.3, -0.25) is 0 Å². The number of methoxy groups -OCH3 is 1. The molecular weight excluding hydrogens is 222 g/mol. The fraction of sp³-hybridized carbons (Fsp3) is 0.250. The largest absolute Gasteiger partial charge is 0.496 e. The Hall–Kier alpha value is -1.80. The van der Waals surface area contributed by atoms with Crippen molar-refractivity contribution < 1.29 is 4.74 Å². The van der Waals surface area contributed by atoms with Gasteiger partial charge in [0.05, 0.1) is 7.11 Å². The summed E-state index contributed by atoms with van der Waals surface area (Å²) in [6.07, 6.45) is 0. The standard InChI is InChI=1S/C16H17NO/c1-18-16-9-5-4-8-14(16)15-11-17-10-12-6-2-3-7-13(12)15/h2-9,15,17H,10-11H2,1H3/t15-/m0/s1. The fourth-order valence-electron chi connectivity index (χ4n) is 2.73. The monoisotopic (exact) mass is 239 g/mol. The van der Waals surface area contributed by atoms with E-state index in [0.717, 1.165) is 18.8 Å². The van der Waals surface area contributed by atoms with Crippen LogP contribution in [0, 0.1) is 0 Å². The SMILES string of the molecule is COc1ccccc1[C@H]1CNCc2ccccc21. The quantitative estimate of drug-likeness (QED) is 0.870. The van der Waals surface area contributed by atoms with Gasteiger partial charge in [-0.2, -0.15) is 0 Å². The highest BCUT2D eigenvalue weighted by molar-refractivity contribution is 5.46. The van der Waals surface area contributed by atoms with Gasteiger partial charge in [0, 0.05) is 24.6 Å². The molecule has 2 aromatic carbocycles. The van der Waals surface area contributed by atoms with Gasteiger partial charge in [-0.15, -0.1) is 0 Å². The molecule has 1 heterocycles. The summed E-state index contributed by atoms with van der Waals surface area (Å²) in [7, 11) is 1.74. The summed E-state index contributed by atoms with van der Waals surface area (Å²) in [5.74, 6) is 1.35. The van der Waals surface area contributed by atoms with Gasteiger partial charge in [0.2, 0.25) is 0 Å². The van der Waals surface area contributed by atoms with Crippen LogP contribution in [0.4, 0.5) is 0 Å². The van der Waals surface area contributed by atoms with Gasteiger partial charge < -0.3 is 10.1 Å². The van der Waals surface area contributed by atoms with Crippen molar-refractivity contribution in [3.05, 3.63) is 65.2 Å². The topological polar surface area (TPSA) is 21.3 Å². The lowest BCUT2D eigenvalue weighted by Gasteiger charge is -2.27. The minimum Gasteiger partial charge on any atom is -0.496 e. The number of hydrogen-bond acceptors (Lipinski definition) is 2. The summed E-state index contributed by atoms with van der Waals surface area (Å²) < 4.78 is 5.49. The van der Waals surface area contributed by atoms with Gasteiger partial charge in [-0.1, -0.05) is 42.5 Å². The Morgan fingerprint density at radius 2 is 1.72 bits per heavy atom. The second kappa shape index (κ2) is 4.83. The third kappa shape index (κ3) is 1.89. The molecule has 1 N–H and O–H groups in total. The maximum atomic E-state index is 5.49. The number of ether oxygens (including phenoxy) is 1. The Morgan fingerprint density at radius 1 is 1.00 bits per heavy atom. The Balaban J connectivity index is 2.08. The van der Waals surface area contributed by atoms with E-state index in [1.165, 1.54) is 16.7 Å². The molecule has 0 amide bonds. The van der Waals surface area contributed by atoms with Crippen LogP contribution in [0.25, 0.3) is 0 Å². The third-order valence-electron chi connectivity index (χ3n) is 3.61. The summed E-state index contributed by atoms with van der Waals surface area (Å²) in [5, 5.41) is 3.49. The summed E-state index contributed by atoms with van der Waals surface area (Å²) >= 11 is 0. The van der Waals surface area contributed by atoms with Crippen LogP contribution in [-0.4, -0.2) is 13.7 Å². The van der Waals surface area contributed by atoms with E-state index in [9.17, 15) is 0 Å². The molecule has 1 aliphatic heterocycles. The zero-order valence-electron chi connectivity index (χ0n) is 10.5. The van der Waals surface area contributed by atoms with Gasteiger partial charge in [-0.05, 0) is 17.2 Å². The van der Waals surface area contributed by atoms with Crippen LogP contribution in [0.3, 0.4) is 0 Å². The molecule has 0 fully saturated rings. The number of nitrogens with one attached hydrogen (secondary N) is 1. The van der Waals surface area contributed by atoms with Gasteiger partial charge in [0.15, 0.2) is 0 Å². The fourth-order valence-corrected chi connectivity index (χ4v) is 2.73. The molecule has 3 rings (SSSR count). The first-order chi connectivity index (χ1) is 8.90. The molecule has 0 spiro atoms. The molecule has 0 saturated carbocycles. The molecule has 2 nitrogen and oxygen atoms in total. The van der Waals surface area contributed by atoms with Crippen LogP contribution in [0.1, 0.15) is 22.6 Å². The van der Waals surface area contributed by atoms with Gasteiger partial charge >= 0.3 is 0 Å². The average Bonchev–Trinajstić information content (AvgIpc) is 2.46. The summed E-state index contributed by atoms with van der Waals surface area (Å²) in [6, 6.07) is 16.9. The highest BCUT2D eigenvalue weighted by atomic mass is 16.5. The second-order valence-electron chi connectivity index (χ2n) is 4.62. The Bertz CT molecular complexity index is 550. The van der Waals surface area contributed by atoms with Crippen molar-refractivity contribution in [2.75, 3.05) is 13.7 Å². The van der Waals surface area contributed by atoms with E-state index in [1.54, 1.807) is 7.11 Å². The van der Waals surface area contributed by atoms with Crippen LogP contribution >= 0.6 is 0 Å². The highest BCUT2D eigenvalue weighted by Crippen LogP contribution is 2.34. The van der Waals surface area contributed by atoms with Gasteiger partial charge in [0.1, 0.15) is 5.75 Å². The lowest BCUT2D eigenvalue weighted by molar-refractivity contribution is 0.405. The van der Waals surface area contributed by atoms with Crippen molar-refractivity contribution in [1.82, 2.24) is 5.32 Å². The van der Waals surface area contributed by atoms with E-state index >= 15 is 0 Å². The van der Waals surface area contributed by atoms with Crippen molar-refractivity contribution in [2.45, 2.75) is 12.5 Å². The third-order valence-corrected chi connectivity index (χ3v) is 3.61. The molecule has 2 heteroatoms. The molecule has 1 aliphatic rings. The zero-order valence-corrected chi connectivity index (χ0v) is 10.5. The minimum atomic E-state index is 0.381. The highest BCUT2D eigenvalue weighted by Gasteiger charge is 2.23. The van der Waals surface area contributed by atoms with E-state index in [4.69, 9.17) is 4.74 Å². The van der Waals surface area contributed by atoms with E-state index in [2.05, 4.69) is 41.7 Å². The number of fused-ring (bicyclic) bond motifs is 1. The molecule has 1 atom stereocenters.